The van der Waals surface area contributed by atoms with Crippen molar-refractivity contribution in [2.75, 3.05) is 14.2 Å². The van der Waals surface area contributed by atoms with Crippen molar-refractivity contribution in [3.63, 3.8) is 0 Å². The summed E-state index contributed by atoms with van der Waals surface area (Å²) in [5.74, 6) is 2.42. The van der Waals surface area contributed by atoms with Gasteiger partial charge in [0.05, 0.1) is 19.6 Å². The van der Waals surface area contributed by atoms with Gasteiger partial charge in [-0.2, -0.15) is 0 Å². The monoisotopic (exact) mass is 256 g/mol. The van der Waals surface area contributed by atoms with Gasteiger partial charge >= 0.3 is 0 Å². The molecule has 3 heteroatoms. The van der Waals surface area contributed by atoms with E-state index in [1.54, 1.807) is 14.2 Å². The van der Waals surface area contributed by atoms with Crippen LogP contribution in [0.15, 0.2) is 18.2 Å². The largest absolute Gasteiger partial charge is 0.493 e. The van der Waals surface area contributed by atoms with E-state index in [-0.39, 0.29) is 5.38 Å². The summed E-state index contributed by atoms with van der Waals surface area (Å²) >= 11 is 6.48. The summed E-state index contributed by atoms with van der Waals surface area (Å²) in [4.78, 5) is 0. The number of hydrogen-bond acceptors (Lipinski definition) is 2. The SMILES string of the molecule is COc1ccc(C(Cl)C(C)C(C)C)cc1OC. The van der Waals surface area contributed by atoms with Gasteiger partial charge in [-0.3, -0.25) is 0 Å². The molecule has 0 aliphatic heterocycles. The Kier molecular flexibility index (Phi) is 5.13. The first-order chi connectivity index (χ1) is 8.01. The van der Waals surface area contributed by atoms with E-state index in [0.717, 1.165) is 17.1 Å². The fraction of sp³-hybridized carbons (Fsp3) is 0.571. The van der Waals surface area contributed by atoms with Gasteiger partial charge in [-0.05, 0) is 29.5 Å². The summed E-state index contributed by atoms with van der Waals surface area (Å²) in [6.07, 6.45) is 0. The van der Waals surface area contributed by atoms with Gasteiger partial charge in [0.2, 0.25) is 0 Å². The Morgan fingerprint density at radius 3 is 2.06 bits per heavy atom. The first-order valence-corrected chi connectivity index (χ1v) is 6.30. The van der Waals surface area contributed by atoms with Gasteiger partial charge in [0, 0.05) is 0 Å². The second kappa shape index (κ2) is 6.15. The van der Waals surface area contributed by atoms with E-state index < -0.39 is 0 Å². The number of halogens is 1. The Labute approximate surface area is 109 Å². The van der Waals surface area contributed by atoms with Gasteiger partial charge in [0.25, 0.3) is 0 Å². The van der Waals surface area contributed by atoms with Crippen LogP contribution in [0.4, 0.5) is 0 Å². The van der Waals surface area contributed by atoms with Crippen molar-refractivity contribution in [2.45, 2.75) is 26.1 Å². The van der Waals surface area contributed by atoms with Crippen LogP contribution in [0.25, 0.3) is 0 Å². The van der Waals surface area contributed by atoms with Crippen molar-refractivity contribution in [2.24, 2.45) is 11.8 Å². The topological polar surface area (TPSA) is 18.5 Å². The maximum absolute atomic E-state index is 6.48. The molecule has 0 saturated carbocycles. The molecule has 0 bridgehead atoms. The molecule has 2 unspecified atom stereocenters. The lowest BCUT2D eigenvalue weighted by atomic mass is 9.90. The van der Waals surface area contributed by atoms with Crippen LogP contribution in [0, 0.1) is 11.8 Å². The third-order valence-electron chi connectivity index (χ3n) is 3.24. The highest BCUT2D eigenvalue weighted by Crippen LogP contribution is 2.37. The zero-order chi connectivity index (χ0) is 13.0. The lowest BCUT2D eigenvalue weighted by Crippen LogP contribution is -2.11. The summed E-state index contributed by atoms with van der Waals surface area (Å²) in [7, 11) is 3.27. The summed E-state index contributed by atoms with van der Waals surface area (Å²) in [5, 5.41) is -0.00481. The highest BCUT2D eigenvalue weighted by Gasteiger charge is 2.20. The van der Waals surface area contributed by atoms with Crippen LogP contribution in [-0.2, 0) is 0 Å². The van der Waals surface area contributed by atoms with Crippen LogP contribution in [-0.4, -0.2) is 14.2 Å². The second-order valence-electron chi connectivity index (χ2n) is 4.62. The number of hydrogen-bond donors (Lipinski definition) is 0. The molecule has 0 aliphatic rings. The van der Waals surface area contributed by atoms with E-state index in [2.05, 4.69) is 20.8 Å². The van der Waals surface area contributed by atoms with Crippen LogP contribution in [0.1, 0.15) is 31.7 Å². The first-order valence-electron chi connectivity index (χ1n) is 5.87. The Morgan fingerprint density at radius 1 is 1.00 bits per heavy atom. The summed E-state index contributed by atoms with van der Waals surface area (Å²) in [5.41, 5.74) is 1.07. The molecule has 0 fully saturated rings. The highest BCUT2D eigenvalue weighted by molar-refractivity contribution is 6.21. The quantitative estimate of drug-likeness (QED) is 0.733. The number of alkyl halides is 1. The molecule has 0 heterocycles. The molecule has 0 amide bonds. The predicted molar refractivity (Wildman–Crippen MR) is 72.1 cm³/mol. The molecule has 1 aromatic rings. The zero-order valence-corrected chi connectivity index (χ0v) is 11.9. The highest BCUT2D eigenvalue weighted by atomic mass is 35.5. The molecule has 1 rings (SSSR count). The lowest BCUT2D eigenvalue weighted by molar-refractivity contribution is 0.353. The van der Waals surface area contributed by atoms with Crippen LogP contribution < -0.4 is 9.47 Å². The summed E-state index contributed by atoms with van der Waals surface area (Å²) in [6.45, 7) is 6.53. The molecular weight excluding hydrogens is 236 g/mol. The van der Waals surface area contributed by atoms with Crippen molar-refractivity contribution in [1.29, 1.82) is 0 Å². The minimum Gasteiger partial charge on any atom is -0.493 e. The number of ether oxygens (including phenoxy) is 2. The number of rotatable bonds is 5. The molecule has 0 aliphatic carbocycles. The molecule has 0 spiro atoms. The van der Waals surface area contributed by atoms with Gasteiger partial charge in [0.1, 0.15) is 0 Å². The second-order valence-corrected chi connectivity index (χ2v) is 5.09. The molecule has 0 N–H and O–H groups in total. The first kappa shape index (κ1) is 14.2. The van der Waals surface area contributed by atoms with E-state index in [4.69, 9.17) is 21.1 Å². The van der Waals surface area contributed by atoms with Crippen molar-refractivity contribution < 1.29 is 9.47 Å². The Bertz CT molecular complexity index is 363. The molecule has 2 nitrogen and oxygen atoms in total. The average molecular weight is 257 g/mol. The van der Waals surface area contributed by atoms with Crippen LogP contribution >= 0.6 is 11.6 Å². The van der Waals surface area contributed by atoms with Gasteiger partial charge < -0.3 is 9.47 Å². The van der Waals surface area contributed by atoms with E-state index in [1.807, 2.05) is 18.2 Å². The van der Waals surface area contributed by atoms with Crippen molar-refractivity contribution in [3.05, 3.63) is 23.8 Å². The maximum Gasteiger partial charge on any atom is 0.161 e. The van der Waals surface area contributed by atoms with Crippen molar-refractivity contribution >= 4 is 11.6 Å². The molecule has 0 radical (unpaired) electrons. The van der Waals surface area contributed by atoms with Crippen molar-refractivity contribution in [1.82, 2.24) is 0 Å². The van der Waals surface area contributed by atoms with Gasteiger partial charge in [-0.1, -0.05) is 26.8 Å². The third-order valence-corrected chi connectivity index (χ3v) is 3.89. The van der Waals surface area contributed by atoms with E-state index in [9.17, 15) is 0 Å². The molecule has 2 atom stereocenters. The average Bonchev–Trinajstić information content (AvgIpc) is 2.35. The van der Waals surface area contributed by atoms with Crippen molar-refractivity contribution in [3.8, 4) is 11.5 Å². The molecule has 0 saturated heterocycles. The van der Waals surface area contributed by atoms with Crippen LogP contribution in [0.2, 0.25) is 0 Å². The standard InChI is InChI=1S/C14H21ClO2/c1-9(2)10(3)14(15)11-6-7-12(16-4)13(8-11)17-5/h6-10,14H,1-5H3. The molecule has 0 aromatic heterocycles. The summed E-state index contributed by atoms with van der Waals surface area (Å²) in [6, 6.07) is 5.85. The lowest BCUT2D eigenvalue weighted by Gasteiger charge is -2.22. The minimum atomic E-state index is -0.00481. The fourth-order valence-electron chi connectivity index (χ4n) is 1.67. The molecular formula is C14H21ClO2. The molecule has 17 heavy (non-hydrogen) atoms. The Balaban J connectivity index is 2.99. The molecule has 96 valence electrons. The normalized spacial score (nSPS) is 14.5. The number of methoxy groups -OCH3 is 2. The smallest absolute Gasteiger partial charge is 0.161 e. The van der Waals surface area contributed by atoms with Crippen LogP contribution in [0.5, 0.6) is 11.5 Å². The third kappa shape index (κ3) is 3.29. The predicted octanol–water partition coefficient (Wildman–Crippen LogP) is 4.28. The summed E-state index contributed by atoms with van der Waals surface area (Å²) < 4.78 is 10.5. The van der Waals surface area contributed by atoms with E-state index in [1.165, 1.54) is 0 Å². The van der Waals surface area contributed by atoms with E-state index >= 15 is 0 Å². The van der Waals surface area contributed by atoms with E-state index in [0.29, 0.717) is 11.8 Å². The van der Waals surface area contributed by atoms with Crippen LogP contribution in [0.3, 0.4) is 0 Å². The fourth-order valence-corrected chi connectivity index (χ4v) is 2.09. The maximum atomic E-state index is 6.48. The minimum absolute atomic E-state index is 0.00481. The Morgan fingerprint density at radius 2 is 1.59 bits per heavy atom. The van der Waals surface area contributed by atoms with Gasteiger partial charge in [0.15, 0.2) is 11.5 Å². The Hall–Kier alpha value is -0.890. The zero-order valence-electron chi connectivity index (χ0n) is 11.2. The van der Waals surface area contributed by atoms with Gasteiger partial charge in [-0.25, -0.2) is 0 Å². The molecule has 1 aromatic carbocycles. The number of benzene rings is 1. The van der Waals surface area contributed by atoms with Gasteiger partial charge in [-0.15, -0.1) is 11.6 Å².